The van der Waals surface area contributed by atoms with Crippen LogP contribution in [0.4, 0.5) is 0 Å². The lowest BCUT2D eigenvalue weighted by Crippen LogP contribution is -2.33. The zero-order valence-corrected chi connectivity index (χ0v) is 12.3. The summed E-state index contributed by atoms with van der Waals surface area (Å²) in [6.07, 6.45) is 0.763. The molecule has 1 aromatic rings. The van der Waals surface area contributed by atoms with Crippen LogP contribution in [0.3, 0.4) is 0 Å². The number of oxime groups is 1. The van der Waals surface area contributed by atoms with Crippen molar-refractivity contribution in [3.05, 3.63) is 29.8 Å². The Morgan fingerprint density at radius 1 is 1.43 bits per heavy atom. The van der Waals surface area contributed by atoms with Crippen molar-refractivity contribution in [2.24, 2.45) is 10.9 Å². The molecule has 0 bridgehead atoms. The molecule has 0 fully saturated rings. The van der Waals surface area contributed by atoms with Crippen LogP contribution in [0.2, 0.25) is 0 Å². The molecule has 0 saturated carbocycles. The van der Waals surface area contributed by atoms with E-state index in [0.717, 1.165) is 6.42 Å². The van der Waals surface area contributed by atoms with Gasteiger partial charge in [-0.1, -0.05) is 17.3 Å². The minimum atomic E-state index is -0.152. The van der Waals surface area contributed by atoms with Crippen molar-refractivity contribution in [1.82, 2.24) is 4.90 Å². The molecule has 0 unspecified atom stereocenters. The summed E-state index contributed by atoms with van der Waals surface area (Å²) in [6, 6.07) is 6.79. The second-order valence-electron chi connectivity index (χ2n) is 4.43. The van der Waals surface area contributed by atoms with Crippen LogP contribution in [0.15, 0.2) is 29.4 Å². The van der Waals surface area contributed by atoms with Gasteiger partial charge in [0.05, 0.1) is 5.56 Å². The molecule has 0 aliphatic heterocycles. The van der Waals surface area contributed by atoms with Gasteiger partial charge in [-0.25, -0.2) is 0 Å². The number of carbonyl (C=O) groups excluding carboxylic acids is 1. The summed E-state index contributed by atoms with van der Waals surface area (Å²) in [7, 11) is 3.33. The molecule has 0 aliphatic carbocycles. The van der Waals surface area contributed by atoms with Crippen LogP contribution in [-0.4, -0.2) is 55.8 Å². The van der Waals surface area contributed by atoms with Gasteiger partial charge >= 0.3 is 0 Å². The molecule has 1 rings (SSSR count). The highest BCUT2D eigenvalue weighted by Gasteiger charge is 2.12. The van der Waals surface area contributed by atoms with Crippen LogP contribution in [0.1, 0.15) is 12.0 Å². The minimum Gasteiger partial charge on any atom is -0.483 e. The molecular formula is C14H21N3O4. The molecule has 0 atom stereocenters. The van der Waals surface area contributed by atoms with E-state index in [0.29, 0.717) is 24.5 Å². The summed E-state index contributed by atoms with van der Waals surface area (Å²) >= 11 is 0. The van der Waals surface area contributed by atoms with Gasteiger partial charge < -0.3 is 25.3 Å². The first-order valence-corrected chi connectivity index (χ1v) is 6.52. The highest BCUT2D eigenvalue weighted by Crippen LogP contribution is 2.17. The van der Waals surface area contributed by atoms with Crippen LogP contribution >= 0.6 is 0 Å². The van der Waals surface area contributed by atoms with Gasteiger partial charge in [0.25, 0.3) is 5.91 Å². The summed E-state index contributed by atoms with van der Waals surface area (Å²) in [4.78, 5) is 13.5. The number of amidine groups is 1. The smallest absolute Gasteiger partial charge is 0.260 e. The van der Waals surface area contributed by atoms with Crippen LogP contribution < -0.4 is 10.5 Å². The van der Waals surface area contributed by atoms with Gasteiger partial charge in [-0.05, 0) is 18.6 Å². The second kappa shape index (κ2) is 8.80. The number of nitrogens with two attached hydrogens (primary N) is 1. The predicted molar refractivity (Wildman–Crippen MR) is 78.6 cm³/mol. The molecule has 7 nitrogen and oxygen atoms in total. The maximum absolute atomic E-state index is 11.9. The molecule has 3 N–H and O–H groups in total. The third kappa shape index (κ3) is 5.31. The van der Waals surface area contributed by atoms with E-state index in [9.17, 15) is 4.79 Å². The average Bonchev–Trinajstić information content (AvgIpc) is 2.52. The van der Waals surface area contributed by atoms with E-state index in [2.05, 4.69) is 5.16 Å². The normalized spacial score (nSPS) is 11.2. The summed E-state index contributed by atoms with van der Waals surface area (Å²) in [6.45, 7) is 1.09. The zero-order valence-electron chi connectivity index (χ0n) is 12.3. The molecule has 1 amide bonds. The molecule has 1 aromatic carbocycles. The largest absolute Gasteiger partial charge is 0.483 e. The highest BCUT2D eigenvalue weighted by molar-refractivity contribution is 5.99. The Morgan fingerprint density at radius 3 is 2.81 bits per heavy atom. The maximum Gasteiger partial charge on any atom is 0.260 e. The Morgan fingerprint density at radius 2 is 2.14 bits per heavy atom. The number of nitrogens with zero attached hydrogens (tertiary/aromatic N) is 2. The summed E-state index contributed by atoms with van der Waals surface area (Å²) in [5.74, 6) is 0.179. The van der Waals surface area contributed by atoms with Crippen molar-refractivity contribution in [2.75, 3.05) is 33.9 Å². The van der Waals surface area contributed by atoms with Gasteiger partial charge in [-0.3, -0.25) is 4.79 Å². The van der Waals surface area contributed by atoms with Gasteiger partial charge in [-0.15, -0.1) is 0 Å². The standard InChI is InChI=1S/C14H21N3O4/c1-17(8-5-9-20-2)13(18)10-21-12-7-4-3-6-11(12)14(15)16-19/h3-4,6-7,19H,5,8-10H2,1-2H3,(H2,15,16). The van der Waals surface area contributed by atoms with Crippen molar-refractivity contribution in [3.63, 3.8) is 0 Å². The second-order valence-corrected chi connectivity index (χ2v) is 4.43. The number of ether oxygens (including phenoxy) is 2. The molecular weight excluding hydrogens is 274 g/mol. The van der Waals surface area contributed by atoms with Crippen molar-refractivity contribution in [2.45, 2.75) is 6.42 Å². The fraction of sp³-hybridized carbons (Fsp3) is 0.429. The van der Waals surface area contributed by atoms with E-state index >= 15 is 0 Å². The Bertz CT molecular complexity index is 491. The first-order valence-electron chi connectivity index (χ1n) is 6.52. The molecule has 0 spiro atoms. The fourth-order valence-corrected chi connectivity index (χ4v) is 1.68. The quantitative estimate of drug-likeness (QED) is 0.241. The van der Waals surface area contributed by atoms with E-state index in [1.807, 2.05) is 0 Å². The predicted octanol–water partition coefficient (Wildman–Crippen LogP) is 0.655. The van der Waals surface area contributed by atoms with Crippen molar-refractivity contribution >= 4 is 11.7 Å². The van der Waals surface area contributed by atoms with Crippen LogP contribution in [0.25, 0.3) is 0 Å². The van der Waals surface area contributed by atoms with Crippen LogP contribution in [-0.2, 0) is 9.53 Å². The summed E-state index contributed by atoms with van der Waals surface area (Å²) in [5, 5.41) is 11.7. The van der Waals surface area contributed by atoms with E-state index in [1.165, 1.54) is 0 Å². The molecule has 0 aromatic heterocycles. The number of methoxy groups -OCH3 is 1. The van der Waals surface area contributed by atoms with E-state index in [1.54, 1.807) is 43.3 Å². The van der Waals surface area contributed by atoms with Crippen LogP contribution in [0, 0.1) is 0 Å². The van der Waals surface area contributed by atoms with E-state index in [-0.39, 0.29) is 18.3 Å². The third-order valence-corrected chi connectivity index (χ3v) is 2.89. The lowest BCUT2D eigenvalue weighted by molar-refractivity contribution is -0.132. The van der Waals surface area contributed by atoms with Gasteiger partial charge in [0.1, 0.15) is 5.75 Å². The Balaban J connectivity index is 2.57. The van der Waals surface area contributed by atoms with Crippen LogP contribution in [0.5, 0.6) is 5.75 Å². The topological polar surface area (TPSA) is 97.4 Å². The van der Waals surface area contributed by atoms with E-state index in [4.69, 9.17) is 20.4 Å². The molecule has 0 radical (unpaired) electrons. The van der Waals surface area contributed by atoms with Gasteiger partial charge in [0, 0.05) is 27.3 Å². The van der Waals surface area contributed by atoms with Gasteiger partial charge in [0.15, 0.2) is 12.4 Å². The summed E-state index contributed by atoms with van der Waals surface area (Å²) in [5.41, 5.74) is 5.99. The number of hydrogen-bond acceptors (Lipinski definition) is 5. The number of carbonyl (C=O) groups is 1. The molecule has 0 aliphatic rings. The molecule has 0 saturated heterocycles. The lowest BCUT2D eigenvalue weighted by atomic mass is 10.2. The molecule has 116 valence electrons. The number of amides is 1. The first kappa shape index (κ1) is 16.8. The molecule has 0 heterocycles. The third-order valence-electron chi connectivity index (χ3n) is 2.89. The maximum atomic E-state index is 11.9. The Kier molecular flexibility index (Phi) is 7.03. The van der Waals surface area contributed by atoms with Gasteiger partial charge in [0.2, 0.25) is 0 Å². The minimum absolute atomic E-state index is 0.0634. The van der Waals surface area contributed by atoms with Crippen molar-refractivity contribution < 1.29 is 19.5 Å². The number of likely N-dealkylation sites (N-methyl/N-ethyl adjacent to an activating group) is 1. The van der Waals surface area contributed by atoms with E-state index < -0.39 is 0 Å². The first-order chi connectivity index (χ1) is 10.1. The fourth-order valence-electron chi connectivity index (χ4n) is 1.68. The Labute approximate surface area is 123 Å². The highest BCUT2D eigenvalue weighted by atomic mass is 16.5. The van der Waals surface area contributed by atoms with Crippen molar-refractivity contribution in [3.8, 4) is 5.75 Å². The van der Waals surface area contributed by atoms with Crippen molar-refractivity contribution in [1.29, 1.82) is 0 Å². The number of rotatable bonds is 8. The number of hydrogen-bond donors (Lipinski definition) is 2. The average molecular weight is 295 g/mol. The van der Waals surface area contributed by atoms with Gasteiger partial charge in [-0.2, -0.15) is 0 Å². The molecule has 7 heteroatoms. The Hall–Kier alpha value is -2.28. The summed E-state index contributed by atoms with van der Waals surface area (Å²) < 4.78 is 10.4. The lowest BCUT2D eigenvalue weighted by Gasteiger charge is -2.17. The zero-order chi connectivity index (χ0) is 15.7. The molecule has 21 heavy (non-hydrogen) atoms. The number of para-hydroxylation sites is 1. The monoisotopic (exact) mass is 295 g/mol. The number of benzene rings is 1. The SMILES string of the molecule is COCCCN(C)C(=O)COc1ccccc1C(N)=NO.